The normalized spacial score (nSPS) is 23.8. The molecule has 11 heteroatoms. The van der Waals surface area contributed by atoms with E-state index in [9.17, 15) is 26.3 Å². The molecular formula is C19H23F6N3OS. The van der Waals surface area contributed by atoms with Crippen LogP contribution in [0.3, 0.4) is 0 Å². The molecule has 2 fully saturated rings. The smallest absolute Gasteiger partial charge is 0.379 e. The van der Waals surface area contributed by atoms with Crippen molar-refractivity contribution in [3.63, 3.8) is 0 Å². The molecule has 1 heterocycles. The maximum absolute atomic E-state index is 13.0. The minimum absolute atomic E-state index is 0.00704. The van der Waals surface area contributed by atoms with Crippen molar-refractivity contribution in [1.82, 2.24) is 10.2 Å². The van der Waals surface area contributed by atoms with Gasteiger partial charge in [0.2, 0.25) is 0 Å². The first-order chi connectivity index (χ1) is 14.0. The molecule has 168 valence electrons. The third-order valence-electron chi connectivity index (χ3n) is 5.41. The van der Waals surface area contributed by atoms with Crippen molar-refractivity contribution in [1.29, 1.82) is 0 Å². The highest BCUT2D eigenvalue weighted by atomic mass is 32.1. The number of hydrogen-bond acceptors (Lipinski definition) is 3. The number of anilines is 1. The van der Waals surface area contributed by atoms with Crippen molar-refractivity contribution in [2.75, 3.05) is 31.6 Å². The number of nitrogens with one attached hydrogen (secondary N) is 2. The molecular weight excluding hydrogens is 432 g/mol. The zero-order valence-corrected chi connectivity index (χ0v) is 16.9. The summed E-state index contributed by atoms with van der Waals surface area (Å²) in [5.41, 5.74) is -3.12. The van der Waals surface area contributed by atoms with E-state index in [2.05, 4.69) is 15.5 Å². The number of alkyl halides is 6. The van der Waals surface area contributed by atoms with Gasteiger partial charge >= 0.3 is 12.4 Å². The van der Waals surface area contributed by atoms with E-state index in [-0.39, 0.29) is 28.9 Å². The van der Waals surface area contributed by atoms with Crippen molar-refractivity contribution in [3.8, 4) is 0 Å². The van der Waals surface area contributed by atoms with E-state index in [0.29, 0.717) is 25.3 Å². The van der Waals surface area contributed by atoms with Crippen LogP contribution in [0.4, 0.5) is 32.0 Å². The lowest BCUT2D eigenvalue weighted by atomic mass is 9.89. The van der Waals surface area contributed by atoms with E-state index < -0.39 is 23.5 Å². The minimum atomic E-state index is -4.91. The third kappa shape index (κ3) is 5.98. The summed E-state index contributed by atoms with van der Waals surface area (Å²) in [5.74, 6) is 0. The molecule has 1 aliphatic carbocycles. The molecule has 0 unspecified atom stereocenters. The second-order valence-electron chi connectivity index (χ2n) is 7.50. The van der Waals surface area contributed by atoms with Gasteiger partial charge in [0, 0.05) is 30.9 Å². The third-order valence-corrected chi connectivity index (χ3v) is 5.63. The first kappa shape index (κ1) is 23.1. The fourth-order valence-corrected chi connectivity index (χ4v) is 4.26. The minimum Gasteiger partial charge on any atom is -0.379 e. The maximum atomic E-state index is 13.0. The Morgan fingerprint density at radius 3 is 2.07 bits per heavy atom. The number of benzene rings is 1. The average molecular weight is 455 g/mol. The Morgan fingerprint density at radius 2 is 1.50 bits per heavy atom. The van der Waals surface area contributed by atoms with Crippen LogP contribution < -0.4 is 10.6 Å². The lowest BCUT2D eigenvalue weighted by molar-refractivity contribution is -0.143. The number of morpholine rings is 1. The van der Waals surface area contributed by atoms with Gasteiger partial charge in [0.1, 0.15) is 0 Å². The number of ether oxygens (including phenoxy) is 1. The molecule has 1 aliphatic heterocycles. The molecule has 1 aromatic carbocycles. The first-order valence-corrected chi connectivity index (χ1v) is 10.1. The topological polar surface area (TPSA) is 36.5 Å². The van der Waals surface area contributed by atoms with Crippen LogP contribution in [0.15, 0.2) is 18.2 Å². The van der Waals surface area contributed by atoms with Gasteiger partial charge in [-0.1, -0.05) is 12.8 Å². The van der Waals surface area contributed by atoms with E-state index in [1.807, 2.05) is 0 Å². The largest absolute Gasteiger partial charge is 0.416 e. The van der Waals surface area contributed by atoms with E-state index in [1.54, 1.807) is 0 Å². The van der Waals surface area contributed by atoms with Crippen molar-refractivity contribution in [3.05, 3.63) is 29.3 Å². The predicted octanol–water partition coefficient (Wildman–Crippen LogP) is 4.65. The Labute approximate surface area is 175 Å². The van der Waals surface area contributed by atoms with Crippen LogP contribution in [-0.2, 0) is 17.1 Å². The number of rotatable bonds is 3. The zero-order valence-electron chi connectivity index (χ0n) is 16.1. The van der Waals surface area contributed by atoms with Crippen LogP contribution in [0.5, 0.6) is 0 Å². The van der Waals surface area contributed by atoms with Gasteiger partial charge in [-0.3, -0.25) is 4.90 Å². The van der Waals surface area contributed by atoms with Gasteiger partial charge < -0.3 is 15.4 Å². The number of nitrogens with zero attached hydrogens (tertiary/aromatic N) is 1. The summed E-state index contributed by atoms with van der Waals surface area (Å²) in [6.45, 7) is 2.84. The zero-order chi connectivity index (χ0) is 21.9. The summed E-state index contributed by atoms with van der Waals surface area (Å²) in [6, 6.07) is 1.50. The van der Waals surface area contributed by atoms with Crippen LogP contribution >= 0.6 is 12.2 Å². The number of thiocarbonyl (C=S) groups is 1. The monoisotopic (exact) mass is 455 g/mol. The maximum Gasteiger partial charge on any atom is 0.416 e. The van der Waals surface area contributed by atoms with Gasteiger partial charge in [0.05, 0.1) is 24.3 Å². The molecule has 0 aromatic heterocycles. The Balaban J connectivity index is 1.73. The summed E-state index contributed by atoms with van der Waals surface area (Å²) < 4.78 is 83.6. The quantitative estimate of drug-likeness (QED) is 0.513. The summed E-state index contributed by atoms with van der Waals surface area (Å²) in [5, 5.41) is 5.63. The van der Waals surface area contributed by atoms with Gasteiger partial charge in [0.15, 0.2) is 5.11 Å². The summed E-state index contributed by atoms with van der Waals surface area (Å²) in [6.07, 6.45) is -6.01. The average Bonchev–Trinajstić information content (AvgIpc) is 2.67. The van der Waals surface area contributed by atoms with E-state index in [4.69, 9.17) is 17.0 Å². The number of halogens is 6. The second-order valence-corrected chi connectivity index (χ2v) is 7.91. The van der Waals surface area contributed by atoms with Crippen LogP contribution in [0.1, 0.15) is 36.8 Å². The highest BCUT2D eigenvalue weighted by Crippen LogP contribution is 2.37. The second kappa shape index (κ2) is 9.27. The van der Waals surface area contributed by atoms with Gasteiger partial charge in [-0.25, -0.2) is 0 Å². The SMILES string of the molecule is FC(F)(F)c1cc(NC(=S)N[C@@H]2CCCC[C@H]2N2CCOCC2)cc(C(F)(F)F)c1. The predicted molar refractivity (Wildman–Crippen MR) is 104 cm³/mol. The highest BCUT2D eigenvalue weighted by Gasteiger charge is 2.37. The standard InChI is InChI=1S/C19H23F6N3OS/c20-18(21,22)12-9-13(19(23,24)25)11-14(10-12)26-17(30)27-15-3-1-2-4-16(15)28-5-7-29-8-6-28/h9-11,15-16H,1-8H2,(H2,26,27,30)/t15-,16-/m1/s1. The highest BCUT2D eigenvalue weighted by molar-refractivity contribution is 7.80. The first-order valence-electron chi connectivity index (χ1n) is 9.73. The molecule has 1 saturated carbocycles. The molecule has 1 saturated heterocycles. The molecule has 2 atom stereocenters. The fraction of sp³-hybridized carbons (Fsp3) is 0.632. The molecule has 2 aliphatic rings. The van der Waals surface area contributed by atoms with Crippen molar-refractivity contribution in [2.45, 2.75) is 50.1 Å². The van der Waals surface area contributed by atoms with E-state index in [1.165, 1.54) is 0 Å². The molecule has 0 radical (unpaired) electrons. The van der Waals surface area contributed by atoms with Crippen LogP contribution in [0, 0.1) is 0 Å². The summed E-state index contributed by atoms with van der Waals surface area (Å²) >= 11 is 5.22. The van der Waals surface area contributed by atoms with Crippen LogP contribution in [0.25, 0.3) is 0 Å². The van der Waals surface area contributed by atoms with Gasteiger partial charge in [-0.05, 0) is 43.3 Å². The Bertz CT molecular complexity index is 717. The van der Waals surface area contributed by atoms with Crippen LogP contribution in [-0.4, -0.2) is 48.4 Å². The lowest BCUT2D eigenvalue weighted by Gasteiger charge is -2.42. The molecule has 3 rings (SSSR count). The summed E-state index contributed by atoms with van der Waals surface area (Å²) in [4.78, 5) is 2.30. The Morgan fingerprint density at radius 1 is 0.933 bits per heavy atom. The molecule has 1 aromatic rings. The molecule has 2 N–H and O–H groups in total. The van der Waals surface area contributed by atoms with Crippen LogP contribution in [0.2, 0.25) is 0 Å². The van der Waals surface area contributed by atoms with Crippen molar-refractivity contribution in [2.24, 2.45) is 0 Å². The molecule has 4 nitrogen and oxygen atoms in total. The molecule has 0 amide bonds. The van der Waals surface area contributed by atoms with Crippen molar-refractivity contribution < 1.29 is 31.1 Å². The van der Waals surface area contributed by atoms with Crippen molar-refractivity contribution >= 4 is 23.0 Å². The lowest BCUT2D eigenvalue weighted by Crippen LogP contribution is -2.56. The molecule has 0 spiro atoms. The fourth-order valence-electron chi connectivity index (χ4n) is 3.99. The number of hydrogen-bond donors (Lipinski definition) is 2. The van der Waals surface area contributed by atoms with Gasteiger partial charge in [-0.2, -0.15) is 26.3 Å². The van der Waals surface area contributed by atoms with Gasteiger partial charge in [0.25, 0.3) is 0 Å². The summed E-state index contributed by atoms with van der Waals surface area (Å²) in [7, 11) is 0. The van der Waals surface area contributed by atoms with E-state index in [0.717, 1.165) is 38.8 Å². The Kier molecular flexibility index (Phi) is 7.13. The van der Waals surface area contributed by atoms with E-state index >= 15 is 0 Å². The molecule has 0 bridgehead atoms. The molecule has 30 heavy (non-hydrogen) atoms. The Hall–Kier alpha value is -1.59. The van der Waals surface area contributed by atoms with Gasteiger partial charge in [-0.15, -0.1) is 0 Å².